The number of ether oxygens (including phenoxy) is 1. The molecule has 1 saturated carbocycles. The van der Waals surface area contributed by atoms with Crippen molar-refractivity contribution in [3.8, 4) is 0 Å². The predicted octanol–water partition coefficient (Wildman–Crippen LogP) is 2.83. The van der Waals surface area contributed by atoms with E-state index in [2.05, 4.69) is 24.5 Å². The van der Waals surface area contributed by atoms with Gasteiger partial charge in [0.25, 0.3) is 0 Å². The van der Waals surface area contributed by atoms with E-state index in [0.717, 1.165) is 43.5 Å². The maximum Gasteiger partial charge on any atom is 0.246 e. The molecule has 0 saturated heterocycles. The van der Waals surface area contributed by atoms with Crippen LogP contribution in [0, 0.1) is 11.8 Å². The fourth-order valence-electron chi connectivity index (χ4n) is 3.53. The summed E-state index contributed by atoms with van der Waals surface area (Å²) in [4.78, 5) is 36.2. The van der Waals surface area contributed by atoms with E-state index in [1.165, 1.54) is 0 Å². The minimum atomic E-state index is -0.413. The summed E-state index contributed by atoms with van der Waals surface area (Å²) in [5.74, 6) is 0.202. The van der Waals surface area contributed by atoms with E-state index < -0.39 is 5.92 Å². The first-order valence-electron chi connectivity index (χ1n) is 11.1. The highest BCUT2D eigenvalue weighted by molar-refractivity contribution is 6.03. The Hall–Kier alpha value is -2.05. The molecule has 1 fully saturated rings. The molecule has 0 radical (unpaired) electrons. The quantitative estimate of drug-likeness (QED) is 0.382. The van der Waals surface area contributed by atoms with E-state index in [1.54, 1.807) is 0 Å². The van der Waals surface area contributed by atoms with E-state index >= 15 is 0 Å². The second-order valence-electron chi connectivity index (χ2n) is 8.51. The maximum absolute atomic E-state index is 12.4. The van der Waals surface area contributed by atoms with Crippen molar-refractivity contribution < 1.29 is 19.1 Å². The Bertz CT molecular complexity index is 685. The molecule has 0 bridgehead atoms. The first kappa shape index (κ1) is 24.2. The molecule has 1 amide bonds. The van der Waals surface area contributed by atoms with Crippen molar-refractivity contribution in [2.75, 3.05) is 26.3 Å². The first-order chi connectivity index (χ1) is 14.5. The molecule has 1 atom stereocenters. The second kappa shape index (κ2) is 13.3. The molecule has 0 aromatic heterocycles. The van der Waals surface area contributed by atoms with Crippen LogP contribution in [0.5, 0.6) is 0 Å². The van der Waals surface area contributed by atoms with Crippen LogP contribution in [-0.4, -0.2) is 43.8 Å². The Morgan fingerprint density at radius 2 is 1.87 bits per heavy atom. The Labute approximate surface area is 180 Å². The number of carbonyl (C=O) groups excluding carboxylic acids is 3. The number of hydrogen-bond acceptors (Lipinski definition) is 5. The molecule has 1 unspecified atom stereocenters. The van der Waals surface area contributed by atoms with Crippen LogP contribution in [0.4, 0.5) is 0 Å². The minimum Gasteiger partial charge on any atom is -0.372 e. The zero-order valence-electron chi connectivity index (χ0n) is 18.4. The Balaban J connectivity index is 1.61. The van der Waals surface area contributed by atoms with Crippen molar-refractivity contribution in [3.05, 3.63) is 35.4 Å². The lowest BCUT2D eigenvalue weighted by Gasteiger charge is -2.19. The van der Waals surface area contributed by atoms with Crippen LogP contribution >= 0.6 is 0 Å². The van der Waals surface area contributed by atoms with Gasteiger partial charge in [-0.25, -0.2) is 0 Å². The summed E-state index contributed by atoms with van der Waals surface area (Å²) in [6.45, 7) is 7.27. The Morgan fingerprint density at radius 1 is 1.13 bits per heavy atom. The molecule has 0 spiro atoms. The lowest BCUT2D eigenvalue weighted by Crippen LogP contribution is -2.28. The monoisotopic (exact) mass is 416 g/mol. The van der Waals surface area contributed by atoms with Gasteiger partial charge in [-0.15, -0.1) is 0 Å². The topological polar surface area (TPSA) is 84.5 Å². The zero-order valence-corrected chi connectivity index (χ0v) is 18.4. The fraction of sp³-hybridized carbons (Fsp3) is 0.625. The summed E-state index contributed by atoms with van der Waals surface area (Å²) in [5, 5.41) is 6.18. The van der Waals surface area contributed by atoms with Crippen molar-refractivity contribution in [2.45, 2.75) is 58.9 Å². The second-order valence-corrected chi connectivity index (χ2v) is 8.51. The van der Waals surface area contributed by atoms with Crippen LogP contribution in [-0.2, 0) is 32.1 Å². The van der Waals surface area contributed by atoms with Crippen molar-refractivity contribution in [1.29, 1.82) is 0 Å². The molecule has 2 N–H and O–H groups in total. The van der Waals surface area contributed by atoms with E-state index in [0.29, 0.717) is 38.3 Å². The number of benzene rings is 1. The van der Waals surface area contributed by atoms with Gasteiger partial charge in [0.15, 0.2) is 0 Å². The molecule has 0 heterocycles. The molecule has 6 nitrogen and oxygen atoms in total. The molecule has 1 aliphatic carbocycles. The maximum atomic E-state index is 12.4. The van der Waals surface area contributed by atoms with Crippen LogP contribution < -0.4 is 10.6 Å². The minimum absolute atomic E-state index is 0.0253. The highest BCUT2D eigenvalue weighted by atomic mass is 16.5. The molecular formula is C24H36N2O4. The summed E-state index contributed by atoms with van der Waals surface area (Å²) < 4.78 is 5.40. The summed E-state index contributed by atoms with van der Waals surface area (Å²) in [7, 11) is 0. The van der Waals surface area contributed by atoms with Crippen molar-refractivity contribution in [2.24, 2.45) is 11.8 Å². The number of hydrogen-bond donors (Lipinski definition) is 2. The lowest BCUT2D eigenvalue weighted by atomic mass is 9.83. The third-order valence-corrected chi connectivity index (χ3v) is 5.26. The van der Waals surface area contributed by atoms with Crippen LogP contribution in [0.1, 0.15) is 57.1 Å². The molecule has 6 heteroatoms. The van der Waals surface area contributed by atoms with Crippen LogP contribution in [0.15, 0.2) is 24.3 Å². The largest absolute Gasteiger partial charge is 0.372 e. The highest BCUT2D eigenvalue weighted by Crippen LogP contribution is 2.22. The number of nitrogens with one attached hydrogen (secondary N) is 2. The Kier molecular flexibility index (Phi) is 10.7. The normalized spacial score (nSPS) is 16.6. The van der Waals surface area contributed by atoms with Gasteiger partial charge in [0, 0.05) is 26.0 Å². The smallest absolute Gasteiger partial charge is 0.246 e. The predicted molar refractivity (Wildman–Crippen MR) is 117 cm³/mol. The van der Waals surface area contributed by atoms with Gasteiger partial charge in [-0.2, -0.15) is 0 Å². The third kappa shape index (κ3) is 9.18. The van der Waals surface area contributed by atoms with Gasteiger partial charge >= 0.3 is 0 Å². The van der Waals surface area contributed by atoms with Crippen molar-refractivity contribution in [3.63, 3.8) is 0 Å². The molecule has 1 aromatic carbocycles. The number of ketones is 2. The van der Waals surface area contributed by atoms with Crippen molar-refractivity contribution >= 4 is 17.5 Å². The SMILES string of the molecule is CC(C)CNCCCOCC(=O)NCc1ccc(CC(=O)C2CCCCC2=O)cc1. The van der Waals surface area contributed by atoms with Crippen LogP contribution in [0.2, 0.25) is 0 Å². The van der Waals surface area contributed by atoms with E-state index in [4.69, 9.17) is 4.74 Å². The van der Waals surface area contributed by atoms with E-state index in [9.17, 15) is 14.4 Å². The summed E-state index contributed by atoms with van der Waals surface area (Å²) in [6.07, 6.45) is 4.27. The van der Waals surface area contributed by atoms with Gasteiger partial charge in [-0.05, 0) is 49.4 Å². The lowest BCUT2D eigenvalue weighted by molar-refractivity contribution is -0.134. The van der Waals surface area contributed by atoms with Crippen LogP contribution in [0.25, 0.3) is 0 Å². The first-order valence-corrected chi connectivity index (χ1v) is 11.1. The number of carbonyl (C=O) groups is 3. The van der Waals surface area contributed by atoms with Gasteiger partial charge in [0.1, 0.15) is 18.2 Å². The van der Waals surface area contributed by atoms with E-state index in [1.807, 2.05) is 24.3 Å². The molecule has 1 aliphatic rings. The summed E-state index contributed by atoms with van der Waals surface area (Å²) >= 11 is 0. The van der Waals surface area contributed by atoms with Gasteiger partial charge in [0.05, 0.1) is 5.92 Å². The molecule has 1 aromatic rings. The van der Waals surface area contributed by atoms with Crippen molar-refractivity contribution in [1.82, 2.24) is 10.6 Å². The molecule has 2 rings (SSSR count). The molecule has 166 valence electrons. The van der Waals surface area contributed by atoms with Gasteiger partial charge in [0.2, 0.25) is 5.91 Å². The number of Topliss-reactive ketones (excluding diaryl/α,β-unsaturated/α-hetero) is 2. The van der Waals surface area contributed by atoms with Crippen LogP contribution in [0.3, 0.4) is 0 Å². The Morgan fingerprint density at radius 3 is 2.57 bits per heavy atom. The number of rotatable bonds is 13. The average molecular weight is 417 g/mol. The fourth-order valence-corrected chi connectivity index (χ4v) is 3.53. The summed E-state index contributed by atoms with van der Waals surface area (Å²) in [5.41, 5.74) is 1.87. The summed E-state index contributed by atoms with van der Waals surface area (Å²) in [6, 6.07) is 7.61. The standard InChI is InChI=1S/C24H36N2O4/c1-18(2)15-25-12-5-13-30-17-24(29)26-16-20-10-8-19(9-11-20)14-23(28)21-6-3-4-7-22(21)27/h8-11,18,21,25H,3-7,12-17H2,1-2H3,(H,26,29). The molecule has 30 heavy (non-hydrogen) atoms. The highest BCUT2D eigenvalue weighted by Gasteiger charge is 2.28. The average Bonchev–Trinajstić information content (AvgIpc) is 2.72. The van der Waals surface area contributed by atoms with Gasteiger partial charge < -0.3 is 15.4 Å². The zero-order chi connectivity index (χ0) is 21.8. The third-order valence-electron chi connectivity index (χ3n) is 5.26. The molecular weight excluding hydrogens is 380 g/mol. The van der Waals surface area contributed by atoms with E-state index in [-0.39, 0.29) is 24.1 Å². The van der Waals surface area contributed by atoms with Gasteiger partial charge in [-0.3, -0.25) is 14.4 Å². The van der Waals surface area contributed by atoms with Gasteiger partial charge in [-0.1, -0.05) is 44.5 Å². The number of amides is 1. The molecule has 0 aliphatic heterocycles.